The van der Waals surface area contributed by atoms with Crippen LogP contribution in [0, 0.1) is 5.92 Å². The van der Waals surface area contributed by atoms with Crippen LogP contribution in [0.3, 0.4) is 0 Å². The summed E-state index contributed by atoms with van der Waals surface area (Å²) in [7, 11) is 0. The molecule has 0 bridgehead atoms. The number of hydrogen-bond donors (Lipinski definition) is 2. The SMILES string of the molecule is CC(C)CCCNC(=O)C1(c2ccc(N)cc2)CC1. The predicted molar refractivity (Wildman–Crippen MR) is 78.8 cm³/mol. The lowest BCUT2D eigenvalue weighted by Crippen LogP contribution is -2.35. The number of rotatable bonds is 6. The average Bonchev–Trinajstić information content (AvgIpc) is 3.16. The molecule has 0 aliphatic heterocycles. The van der Waals surface area contributed by atoms with E-state index in [2.05, 4.69) is 19.2 Å². The van der Waals surface area contributed by atoms with Crippen LogP contribution in [0.1, 0.15) is 45.1 Å². The van der Waals surface area contributed by atoms with Crippen molar-refractivity contribution in [1.29, 1.82) is 0 Å². The number of amides is 1. The number of nitrogens with one attached hydrogen (secondary N) is 1. The highest BCUT2D eigenvalue weighted by molar-refractivity contribution is 5.91. The van der Waals surface area contributed by atoms with Crippen molar-refractivity contribution in [2.24, 2.45) is 5.92 Å². The van der Waals surface area contributed by atoms with Crippen molar-refractivity contribution in [3.63, 3.8) is 0 Å². The van der Waals surface area contributed by atoms with E-state index in [1.165, 1.54) is 0 Å². The molecule has 2 rings (SSSR count). The second-order valence-corrected chi connectivity index (χ2v) is 6.00. The van der Waals surface area contributed by atoms with Gasteiger partial charge in [0.05, 0.1) is 5.41 Å². The molecule has 1 aromatic rings. The smallest absolute Gasteiger partial charge is 0.230 e. The molecule has 3 nitrogen and oxygen atoms in total. The first kappa shape index (κ1) is 13.9. The second kappa shape index (κ2) is 5.64. The van der Waals surface area contributed by atoms with Crippen LogP contribution in [-0.2, 0) is 10.2 Å². The Morgan fingerprint density at radius 2 is 1.95 bits per heavy atom. The summed E-state index contributed by atoms with van der Waals surface area (Å²) in [6.07, 6.45) is 4.12. The lowest BCUT2D eigenvalue weighted by atomic mass is 9.94. The molecule has 0 spiro atoms. The molecule has 1 aliphatic rings. The number of carbonyl (C=O) groups is 1. The van der Waals surface area contributed by atoms with E-state index in [0.29, 0.717) is 5.92 Å². The Hall–Kier alpha value is -1.51. The van der Waals surface area contributed by atoms with E-state index in [-0.39, 0.29) is 11.3 Å². The van der Waals surface area contributed by atoms with Crippen molar-refractivity contribution in [3.8, 4) is 0 Å². The van der Waals surface area contributed by atoms with Gasteiger partial charge in [0.1, 0.15) is 0 Å². The quantitative estimate of drug-likeness (QED) is 0.610. The number of hydrogen-bond acceptors (Lipinski definition) is 2. The zero-order valence-electron chi connectivity index (χ0n) is 11.9. The topological polar surface area (TPSA) is 55.1 Å². The third kappa shape index (κ3) is 3.28. The molecule has 0 radical (unpaired) electrons. The molecule has 1 fully saturated rings. The lowest BCUT2D eigenvalue weighted by molar-refractivity contribution is -0.123. The molecule has 19 heavy (non-hydrogen) atoms. The zero-order chi connectivity index (χ0) is 13.9. The molecule has 0 aromatic heterocycles. The highest BCUT2D eigenvalue weighted by atomic mass is 16.2. The number of benzene rings is 1. The highest BCUT2D eigenvalue weighted by Crippen LogP contribution is 2.48. The number of anilines is 1. The maximum Gasteiger partial charge on any atom is 0.230 e. The van der Waals surface area contributed by atoms with E-state index in [4.69, 9.17) is 5.73 Å². The number of carbonyl (C=O) groups excluding carboxylic acids is 1. The first-order valence-electron chi connectivity index (χ1n) is 7.19. The van der Waals surface area contributed by atoms with E-state index in [9.17, 15) is 4.79 Å². The standard InChI is InChI=1S/C16H24N2O/c1-12(2)4-3-11-18-15(19)16(9-10-16)13-5-7-14(17)8-6-13/h5-8,12H,3-4,9-11,17H2,1-2H3,(H,18,19). The summed E-state index contributed by atoms with van der Waals surface area (Å²) in [5.41, 5.74) is 7.27. The maximum atomic E-state index is 12.3. The van der Waals surface area contributed by atoms with Crippen molar-refractivity contribution in [1.82, 2.24) is 5.32 Å². The minimum atomic E-state index is -0.272. The summed E-state index contributed by atoms with van der Waals surface area (Å²) in [4.78, 5) is 12.3. The molecular formula is C16H24N2O. The maximum absolute atomic E-state index is 12.3. The van der Waals surface area contributed by atoms with Crippen molar-refractivity contribution in [2.75, 3.05) is 12.3 Å². The Morgan fingerprint density at radius 3 is 2.47 bits per heavy atom. The minimum Gasteiger partial charge on any atom is -0.399 e. The lowest BCUT2D eigenvalue weighted by Gasteiger charge is -2.16. The summed E-state index contributed by atoms with van der Waals surface area (Å²) in [6, 6.07) is 7.72. The number of nitrogens with two attached hydrogens (primary N) is 1. The van der Waals surface area contributed by atoms with Gasteiger partial charge >= 0.3 is 0 Å². The van der Waals surface area contributed by atoms with Gasteiger partial charge in [0, 0.05) is 12.2 Å². The number of nitrogen functional groups attached to an aromatic ring is 1. The average molecular weight is 260 g/mol. The van der Waals surface area contributed by atoms with Gasteiger partial charge in [-0.2, -0.15) is 0 Å². The summed E-state index contributed by atoms with van der Waals surface area (Å²) >= 11 is 0. The van der Waals surface area contributed by atoms with Gasteiger partial charge in [-0.05, 0) is 49.3 Å². The van der Waals surface area contributed by atoms with Crippen LogP contribution in [0.4, 0.5) is 5.69 Å². The normalized spacial score (nSPS) is 16.4. The van der Waals surface area contributed by atoms with Gasteiger partial charge in [0.2, 0.25) is 5.91 Å². The van der Waals surface area contributed by atoms with Gasteiger partial charge in [0.25, 0.3) is 0 Å². The molecule has 104 valence electrons. The molecule has 0 saturated heterocycles. The van der Waals surface area contributed by atoms with Gasteiger partial charge in [0.15, 0.2) is 0 Å². The molecule has 1 amide bonds. The van der Waals surface area contributed by atoms with Crippen molar-refractivity contribution in [2.45, 2.75) is 44.9 Å². The van der Waals surface area contributed by atoms with Crippen molar-refractivity contribution < 1.29 is 4.79 Å². The Balaban J connectivity index is 1.89. The van der Waals surface area contributed by atoms with Gasteiger partial charge in [-0.1, -0.05) is 26.0 Å². The molecule has 1 aromatic carbocycles. The third-order valence-electron chi connectivity index (χ3n) is 3.89. The van der Waals surface area contributed by atoms with Crippen molar-refractivity contribution >= 4 is 11.6 Å². The first-order chi connectivity index (χ1) is 9.04. The van der Waals surface area contributed by atoms with E-state index in [0.717, 1.165) is 43.5 Å². The molecule has 3 heteroatoms. The Morgan fingerprint density at radius 1 is 1.32 bits per heavy atom. The van der Waals surface area contributed by atoms with Crippen LogP contribution < -0.4 is 11.1 Å². The molecular weight excluding hydrogens is 236 g/mol. The Bertz CT molecular complexity index is 433. The van der Waals surface area contributed by atoms with Crippen molar-refractivity contribution in [3.05, 3.63) is 29.8 Å². The van der Waals surface area contributed by atoms with Gasteiger partial charge in [-0.15, -0.1) is 0 Å². The minimum absolute atomic E-state index is 0.182. The predicted octanol–water partition coefficient (Wildman–Crippen LogP) is 2.85. The molecule has 0 heterocycles. The van der Waals surface area contributed by atoms with Crippen LogP contribution in [0.15, 0.2) is 24.3 Å². The summed E-state index contributed by atoms with van der Waals surface area (Å²) in [5.74, 6) is 0.880. The Kier molecular flexibility index (Phi) is 4.13. The fourth-order valence-corrected chi connectivity index (χ4v) is 2.46. The second-order valence-electron chi connectivity index (χ2n) is 6.00. The van der Waals surface area contributed by atoms with E-state index < -0.39 is 0 Å². The zero-order valence-corrected chi connectivity index (χ0v) is 11.9. The van der Waals surface area contributed by atoms with Crippen LogP contribution >= 0.6 is 0 Å². The van der Waals surface area contributed by atoms with Crippen LogP contribution in [-0.4, -0.2) is 12.5 Å². The molecule has 1 saturated carbocycles. The summed E-state index contributed by atoms with van der Waals surface area (Å²) in [5, 5.41) is 3.08. The van der Waals surface area contributed by atoms with Crippen LogP contribution in [0.2, 0.25) is 0 Å². The fraction of sp³-hybridized carbons (Fsp3) is 0.562. The largest absolute Gasteiger partial charge is 0.399 e. The first-order valence-corrected chi connectivity index (χ1v) is 7.19. The fourth-order valence-electron chi connectivity index (χ4n) is 2.46. The van der Waals surface area contributed by atoms with Crippen LogP contribution in [0.5, 0.6) is 0 Å². The monoisotopic (exact) mass is 260 g/mol. The van der Waals surface area contributed by atoms with Gasteiger partial charge in [-0.3, -0.25) is 4.79 Å². The molecule has 0 atom stereocenters. The highest BCUT2D eigenvalue weighted by Gasteiger charge is 2.50. The van der Waals surface area contributed by atoms with Gasteiger partial charge < -0.3 is 11.1 Å². The van der Waals surface area contributed by atoms with E-state index in [1.54, 1.807) is 0 Å². The molecule has 1 aliphatic carbocycles. The van der Waals surface area contributed by atoms with E-state index >= 15 is 0 Å². The van der Waals surface area contributed by atoms with Crippen LogP contribution in [0.25, 0.3) is 0 Å². The van der Waals surface area contributed by atoms with Gasteiger partial charge in [-0.25, -0.2) is 0 Å². The molecule has 3 N–H and O–H groups in total. The Labute approximate surface area is 115 Å². The summed E-state index contributed by atoms with van der Waals surface area (Å²) < 4.78 is 0. The summed E-state index contributed by atoms with van der Waals surface area (Å²) in [6.45, 7) is 5.20. The molecule has 0 unspecified atom stereocenters. The third-order valence-corrected chi connectivity index (χ3v) is 3.89. The van der Waals surface area contributed by atoms with E-state index in [1.807, 2.05) is 24.3 Å².